The first-order chi connectivity index (χ1) is 23.4. The zero-order valence-corrected chi connectivity index (χ0v) is 28.7. The summed E-state index contributed by atoms with van der Waals surface area (Å²) < 4.78 is 0. The molecule has 0 fully saturated rings. The molecular weight excluding hydrogens is 592 g/mol. The summed E-state index contributed by atoms with van der Waals surface area (Å²) in [7, 11) is 0. The predicted octanol–water partition coefficient (Wildman–Crippen LogP) is 11.2. The number of ketones is 4. The van der Waals surface area contributed by atoms with E-state index in [1.807, 2.05) is 36.4 Å². The molecule has 2 unspecified atom stereocenters. The van der Waals surface area contributed by atoms with E-state index in [0.29, 0.717) is 58.1 Å². The fourth-order valence-corrected chi connectivity index (χ4v) is 6.52. The molecule has 0 saturated heterocycles. The van der Waals surface area contributed by atoms with Gasteiger partial charge in [-0.15, -0.1) is 0 Å². The molecule has 0 radical (unpaired) electrons. The Balaban J connectivity index is 1.28. The van der Waals surface area contributed by atoms with E-state index in [1.54, 1.807) is 72.8 Å². The first-order valence-electron chi connectivity index (χ1n) is 17.9. The molecule has 4 nitrogen and oxygen atoms in total. The maximum absolute atomic E-state index is 13.2. The maximum Gasteiger partial charge on any atom is 0.193 e. The Morgan fingerprint density at radius 1 is 0.396 bits per heavy atom. The molecule has 4 aromatic carbocycles. The number of carbonyl (C=O) groups is 4. The van der Waals surface area contributed by atoms with Crippen LogP contribution in [0.5, 0.6) is 0 Å². The average molecular weight is 643 g/mol. The number of Topliss-reactive ketones (excluding diaryl/α,β-unsaturated/α-hetero) is 2. The summed E-state index contributed by atoms with van der Waals surface area (Å²) in [4.78, 5) is 51.8. The fraction of sp³-hybridized carbons (Fsp3) is 0.364. The van der Waals surface area contributed by atoms with Gasteiger partial charge < -0.3 is 0 Å². The van der Waals surface area contributed by atoms with Gasteiger partial charge in [-0.05, 0) is 24.7 Å². The molecule has 250 valence electrons. The normalized spacial score (nSPS) is 12.3. The summed E-state index contributed by atoms with van der Waals surface area (Å²) >= 11 is 0. The van der Waals surface area contributed by atoms with Crippen molar-refractivity contribution in [3.05, 3.63) is 143 Å². The lowest BCUT2D eigenvalue weighted by Crippen LogP contribution is -2.11. The largest absolute Gasteiger partial charge is 0.294 e. The standard InChI is InChI=1S/C44H50O4/c1-3-5-8-14-34(22-32-42(46)36-25-29-40(30-26-36)44(48)38-17-11-7-12-18-38)20-19-33(13-4-2)21-31-41(45)35-23-27-39(28-24-35)43(47)37-15-9-6-10-16-37/h6-7,9-12,15-18,23-30,33-34H,3-5,8,13-14,19-22,31-32H2,1-2H3. The van der Waals surface area contributed by atoms with Gasteiger partial charge in [-0.2, -0.15) is 0 Å². The lowest BCUT2D eigenvalue weighted by atomic mass is 9.84. The van der Waals surface area contributed by atoms with E-state index in [0.717, 1.165) is 44.9 Å². The van der Waals surface area contributed by atoms with Gasteiger partial charge >= 0.3 is 0 Å². The minimum absolute atomic E-state index is 0.0397. The van der Waals surface area contributed by atoms with Crippen molar-refractivity contribution in [3.63, 3.8) is 0 Å². The predicted molar refractivity (Wildman–Crippen MR) is 195 cm³/mol. The Morgan fingerprint density at radius 3 is 1.17 bits per heavy atom. The molecule has 0 heterocycles. The van der Waals surface area contributed by atoms with Crippen LogP contribution in [0.15, 0.2) is 109 Å². The number of carbonyl (C=O) groups excluding carboxylic acids is 4. The molecule has 0 aliphatic heterocycles. The number of unbranched alkanes of at least 4 members (excludes halogenated alkanes) is 2. The molecule has 0 N–H and O–H groups in total. The molecule has 2 atom stereocenters. The van der Waals surface area contributed by atoms with Crippen molar-refractivity contribution in [2.45, 2.75) is 90.9 Å². The molecule has 0 aliphatic carbocycles. The van der Waals surface area contributed by atoms with Gasteiger partial charge in [0, 0.05) is 46.2 Å². The van der Waals surface area contributed by atoms with Crippen LogP contribution in [0.1, 0.15) is 143 Å². The third-order valence-electron chi connectivity index (χ3n) is 9.47. The topological polar surface area (TPSA) is 68.3 Å². The van der Waals surface area contributed by atoms with Crippen molar-refractivity contribution >= 4 is 23.1 Å². The van der Waals surface area contributed by atoms with Gasteiger partial charge in [0.05, 0.1) is 0 Å². The van der Waals surface area contributed by atoms with Gasteiger partial charge in [0.15, 0.2) is 23.1 Å². The van der Waals surface area contributed by atoms with E-state index in [4.69, 9.17) is 0 Å². The molecule has 0 aromatic heterocycles. The van der Waals surface area contributed by atoms with Crippen LogP contribution in [0.3, 0.4) is 0 Å². The first-order valence-corrected chi connectivity index (χ1v) is 17.9. The van der Waals surface area contributed by atoms with Gasteiger partial charge in [0.1, 0.15) is 0 Å². The number of hydrogen-bond donors (Lipinski definition) is 0. The van der Waals surface area contributed by atoms with E-state index in [-0.39, 0.29) is 23.1 Å². The molecule has 0 amide bonds. The summed E-state index contributed by atoms with van der Waals surface area (Å²) in [5.74, 6) is 1.11. The zero-order chi connectivity index (χ0) is 34.1. The second kappa shape index (κ2) is 19.4. The summed E-state index contributed by atoms with van der Waals surface area (Å²) in [6, 6.07) is 32.6. The van der Waals surface area contributed by atoms with E-state index in [2.05, 4.69) is 13.8 Å². The highest BCUT2D eigenvalue weighted by molar-refractivity contribution is 6.10. The Hall–Kier alpha value is -4.44. The zero-order valence-electron chi connectivity index (χ0n) is 28.7. The van der Waals surface area contributed by atoms with Crippen LogP contribution >= 0.6 is 0 Å². The van der Waals surface area contributed by atoms with Gasteiger partial charge in [0.2, 0.25) is 0 Å². The van der Waals surface area contributed by atoms with Crippen molar-refractivity contribution in [3.8, 4) is 0 Å². The van der Waals surface area contributed by atoms with E-state index < -0.39 is 0 Å². The average Bonchev–Trinajstić information content (AvgIpc) is 3.14. The lowest BCUT2D eigenvalue weighted by molar-refractivity contribution is 0.0959. The Morgan fingerprint density at radius 2 is 0.771 bits per heavy atom. The van der Waals surface area contributed by atoms with Crippen LogP contribution in [0.4, 0.5) is 0 Å². The number of hydrogen-bond acceptors (Lipinski definition) is 4. The van der Waals surface area contributed by atoms with E-state index in [9.17, 15) is 19.2 Å². The van der Waals surface area contributed by atoms with Crippen molar-refractivity contribution in [1.29, 1.82) is 0 Å². The number of rotatable bonds is 21. The van der Waals surface area contributed by atoms with Crippen LogP contribution in [0.25, 0.3) is 0 Å². The van der Waals surface area contributed by atoms with E-state index >= 15 is 0 Å². The lowest BCUT2D eigenvalue weighted by Gasteiger charge is -2.21. The molecule has 4 rings (SSSR count). The third-order valence-corrected chi connectivity index (χ3v) is 9.47. The summed E-state index contributed by atoms with van der Waals surface area (Å²) in [6.07, 6.45) is 11.7. The van der Waals surface area contributed by atoms with Gasteiger partial charge in [-0.25, -0.2) is 0 Å². The van der Waals surface area contributed by atoms with Crippen molar-refractivity contribution in [2.75, 3.05) is 0 Å². The van der Waals surface area contributed by atoms with Crippen LogP contribution in [-0.4, -0.2) is 23.1 Å². The molecule has 4 heteroatoms. The molecule has 0 spiro atoms. The molecule has 4 aromatic rings. The van der Waals surface area contributed by atoms with Crippen LogP contribution in [0, 0.1) is 11.8 Å². The molecule has 0 aliphatic rings. The number of benzene rings is 4. The fourth-order valence-electron chi connectivity index (χ4n) is 6.52. The second-order valence-corrected chi connectivity index (χ2v) is 13.1. The maximum atomic E-state index is 13.2. The minimum Gasteiger partial charge on any atom is -0.294 e. The van der Waals surface area contributed by atoms with Crippen LogP contribution in [-0.2, 0) is 0 Å². The SMILES string of the molecule is CCCCCC(CCC(=O)c1ccc(C(=O)c2ccccc2)cc1)CCC(CCC)CCC(=O)c1ccc(C(=O)c2ccccc2)cc1. The summed E-state index contributed by atoms with van der Waals surface area (Å²) in [5, 5.41) is 0. The molecule has 0 bridgehead atoms. The first kappa shape index (κ1) is 36.4. The van der Waals surface area contributed by atoms with Gasteiger partial charge in [0.25, 0.3) is 0 Å². The van der Waals surface area contributed by atoms with Crippen LogP contribution < -0.4 is 0 Å². The highest BCUT2D eigenvalue weighted by atomic mass is 16.1. The molecule has 48 heavy (non-hydrogen) atoms. The van der Waals surface area contributed by atoms with Crippen LogP contribution in [0.2, 0.25) is 0 Å². The van der Waals surface area contributed by atoms with Gasteiger partial charge in [-0.1, -0.05) is 174 Å². The van der Waals surface area contributed by atoms with Crippen molar-refractivity contribution < 1.29 is 19.2 Å². The smallest absolute Gasteiger partial charge is 0.193 e. The molecule has 0 saturated carbocycles. The highest BCUT2D eigenvalue weighted by Gasteiger charge is 2.18. The summed E-state index contributed by atoms with van der Waals surface area (Å²) in [5.41, 5.74) is 3.77. The monoisotopic (exact) mass is 642 g/mol. The Bertz CT molecular complexity index is 1590. The van der Waals surface area contributed by atoms with Crippen molar-refractivity contribution in [2.24, 2.45) is 11.8 Å². The minimum atomic E-state index is -0.0407. The Labute approximate surface area is 287 Å². The summed E-state index contributed by atoms with van der Waals surface area (Å²) in [6.45, 7) is 4.42. The highest BCUT2D eigenvalue weighted by Crippen LogP contribution is 2.29. The third kappa shape index (κ3) is 11.1. The quantitative estimate of drug-likeness (QED) is 0.0670. The van der Waals surface area contributed by atoms with E-state index in [1.165, 1.54) is 19.3 Å². The van der Waals surface area contributed by atoms with Crippen molar-refractivity contribution in [1.82, 2.24) is 0 Å². The molecular formula is C44H50O4. The second-order valence-electron chi connectivity index (χ2n) is 13.1. The van der Waals surface area contributed by atoms with Gasteiger partial charge in [-0.3, -0.25) is 19.2 Å². The Kier molecular flexibility index (Phi) is 14.7.